The molecule has 0 spiro atoms. The van der Waals surface area contributed by atoms with Gasteiger partial charge in [-0.2, -0.15) is 5.10 Å². The highest BCUT2D eigenvalue weighted by Crippen LogP contribution is 2.39. The lowest BCUT2D eigenvalue weighted by atomic mass is 10.1. The van der Waals surface area contributed by atoms with E-state index >= 15 is 0 Å². The fourth-order valence-corrected chi connectivity index (χ4v) is 3.68. The van der Waals surface area contributed by atoms with Crippen LogP contribution in [0.25, 0.3) is 16.9 Å². The number of H-pyrrole nitrogens is 1. The van der Waals surface area contributed by atoms with E-state index in [2.05, 4.69) is 25.6 Å². The number of nitrogens with one attached hydrogen (secondary N) is 2. The molecule has 5 rings (SSSR count). The molecule has 8 nitrogen and oxygen atoms in total. The maximum Gasteiger partial charge on any atom is 0.259 e. The zero-order chi connectivity index (χ0) is 20.8. The molecule has 0 aliphatic heterocycles. The molecule has 0 atom stereocenters. The number of rotatable bonds is 5. The molecule has 152 valence electrons. The second kappa shape index (κ2) is 7.14. The molecule has 3 aromatic heterocycles. The zero-order valence-electron chi connectivity index (χ0n) is 16.4. The lowest BCUT2D eigenvalue weighted by Crippen LogP contribution is -2.12. The highest BCUT2D eigenvalue weighted by molar-refractivity contribution is 6.33. The maximum absolute atomic E-state index is 13.0. The lowest BCUT2D eigenvalue weighted by molar-refractivity contribution is 0.102. The van der Waals surface area contributed by atoms with E-state index in [9.17, 15) is 4.79 Å². The number of aromatic nitrogens is 5. The molecule has 30 heavy (non-hydrogen) atoms. The predicted molar refractivity (Wildman–Crippen MR) is 113 cm³/mol. The van der Waals surface area contributed by atoms with E-state index in [4.69, 9.17) is 16.3 Å². The number of amides is 1. The van der Waals surface area contributed by atoms with Crippen molar-refractivity contribution in [3.8, 4) is 17.1 Å². The van der Waals surface area contributed by atoms with Gasteiger partial charge < -0.3 is 15.0 Å². The summed E-state index contributed by atoms with van der Waals surface area (Å²) in [6.45, 7) is 1.89. The fraction of sp³-hybridized carbons (Fsp3) is 0.238. The third-order valence-corrected chi connectivity index (χ3v) is 5.57. The first-order valence-electron chi connectivity index (χ1n) is 9.59. The van der Waals surface area contributed by atoms with E-state index in [-0.39, 0.29) is 5.91 Å². The molecule has 0 radical (unpaired) electrons. The van der Waals surface area contributed by atoms with Crippen LogP contribution in [-0.4, -0.2) is 37.8 Å². The fourth-order valence-electron chi connectivity index (χ4n) is 3.38. The van der Waals surface area contributed by atoms with Crippen LogP contribution in [0.3, 0.4) is 0 Å². The molecular weight excluding hydrogens is 404 g/mol. The van der Waals surface area contributed by atoms with Gasteiger partial charge in [-0.25, -0.2) is 4.52 Å². The van der Waals surface area contributed by atoms with Crippen LogP contribution >= 0.6 is 11.6 Å². The van der Waals surface area contributed by atoms with Crippen molar-refractivity contribution in [3.05, 3.63) is 58.6 Å². The third kappa shape index (κ3) is 3.29. The number of halogens is 1. The molecule has 1 fully saturated rings. The van der Waals surface area contributed by atoms with E-state index in [1.165, 1.54) is 6.20 Å². The van der Waals surface area contributed by atoms with Crippen LogP contribution < -0.4 is 10.1 Å². The molecule has 0 bridgehead atoms. The van der Waals surface area contributed by atoms with Crippen LogP contribution in [0.5, 0.6) is 5.75 Å². The number of ether oxygens (including phenoxy) is 1. The molecule has 1 saturated carbocycles. The number of carbonyl (C=O) groups excluding carboxylic acids is 1. The van der Waals surface area contributed by atoms with Gasteiger partial charge in [0.15, 0.2) is 5.82 Å². The molecule has 0 saturated heterocycles. The third-order valence-electron chi connectivity index (χ3n) is 5.25. The van der Waals surface area contributed by atoms with Gasteiger partial charge in [0.2, 0.25) is 0 Å². The average molecular weight is 423 g/mol. The van der Waals surface area contributed by atoms with Crippen molar-refractivity contribution < 1.29 is 9.53 Å². The van der Waals surface area contributed by atoms with Gasteiger partial charge in [-0.1, -0.05) is 11.6 Å². The lowest BCUT2D eigenvalue weighted by Gasteiger charge is -2.11. The van der Waals surface area contributed by atoms with Gasteiger partial charge in [0.1, 0.15) is 11.6 Å². The second-order valence-corrected chi connectivity index (χ2v) is 7.80. The number of aryl methyl sites for hydroxylation is 1. The quantitative estimate of drug-likeness (QED) is 0.502. The minimum atomic E-state index is -0.261. The van der Waals surface area contributed by atoms with Crippen molar-refractivity contribution in [1.29, 1.82) is 0 Å². The average Bonchev–Trinajstić information content (AvgIpc) is 3.32. The Hall–Kier alpha value is -3.39. The molecule has 0 unspecified atom stereocenters. The van der Waals surface area contributed by atoms with Crippen LogP contribution in [0.1, 0.15) is 40.5 Å². The van der Waals surface area contributed by atoms with Gasteiger partial charge >= 0.3 is 0 Å². The van der Waals surface area contributed by atoms with E-state index in [0.717, 1.165) is 24.2 Å². The van der Waals surface area contributed by atoms with Crippen molar-refractivity contribution in [2.75, 3.05) is 12.4 Å². The number of nitrogens with zero attached hydrogens (tertiary/aromatic N) is 4. The minimum Gasteiger partial charge on any atom is -0.495 e. The highest BCUT2D eigenvalue weighted by atomic mass is 35.5. The second-order valence-electron chi connectivity index (χ2n) is 7.39. The maximum atomic E-state index is 13.0. The van der Waals surface area contributed by atoms with Gasteiger partial charge in [-0.05, 0) is 49.6 Å². The number of fused-ring (bicyclic) bond motifs is 1. The van der Waals surface area contributed by atoms with Crippen LogP contribution in [0.2, 0.25) is 5.02 Å². The van der Waals surface area contributed by atoms with Gasteiger partial charge in [0.05, 0.1) is 35.6 Å². The Morgan fingerprint density at radius 1 is 1.30 bits per heavy atom. The zero-order valence-corrected chi connectivity index (χ0v) is 17.2. The Morgan fingerprint density at radius 2 is 2.13 bits per heavy atom. The van der Waals surface area contributed by atoms with Gasteiger partial charge in [-0.15, -0.1) is 10.2 Å². The summed E-state index contributed by atoms with van der Waals surface area (Å²) in [5.41, 5.74) is 3.34. The first kappa shape index (κ1) is 18.6. The number of pyridine rings is 1. The predicted octanol–water partition coefficient (Wildman–Crippen LogP) is 4.22. The Labute approximate surface area is 177 Å². The van der Waals surface area contributed by atoms with Crippen LogP contribution in [0.15, 0.2) is 36.7 Å². The van der Waals surface area contributed by atoms with Crippen molar-refractivity contribution in [3.63, 3.8) is 0 Å². The van der Waals surface area contributed by atoms with Gasteiger partial charge in [-0.3, -0.25) is 4.79 Å². The van der Waals surface area contributed by atoms with E-state index in [1.807, 2.05) is 19.1 Å². The topological polar surface area (TPSA) is 97.2 Å². The summed E-state index contributed by atoms with van der Waals surface area (Å²) in [5.74, 6) is 2.34. The Kier molecular flexibility index (Phi) is 4.43. The van der Waals surface area contributed by atoms with Crippen molar-refractivity contribution in [1.82, 2.24) is 24.8 Å². The van der Waals surface area contributed by atoms with Crippen LogP contribution in [-0.2, 0) is 0 Å². The summed E-state index contributed by atoms with van der Waals surface area (Å²) in [4.78, 5) is 16.2. The standard InChI is InChI=1S/C21H19ClN6O2/c1-11-7-16(22)14(20-25-19(26-27-20)12-3-4-12)8-17(11)24-21(29)15-9-23-28-10-13(30-2)5-6-18(15)28/h5-10,12H,3-4H2,1-2H3,(H,24,29)(H,25,26,27). The van der Waals surface area contributed by atoms with Gasteiger partial charge in [0, 0.05) is 17.2 Å². The van der Waals surface area contributed by atoms with Crippen LogP contribution in [0, 0.1) is 6.92 Å². The Balaban J connectivity index is 1.46. The molecule has 4 aromatic rings. The number of aromatic amines is 1. The van der Waals surface area contributed by atoms with E-state index in [1.54, 1.807) is 30.0 Å². The number of hydrogen-bond acceptors (Lipinski definition) is 5. The Bertz CT molecular complexity index is 1270. The monoisotopic (exact) mass is 422 g/mol. The van der Waals surface area contributed by atoms with Crippen LogP contribution in [0.4, 0.5) is 5.69 Å². The number of benzene rings is 1. The molecule has 1 aliphatic carbocycles. The molecule has 2 N–H and O–H groups in total. The number of carbonyl (C=O) groups is 1. The van der Waals surface area contributed by atoms with Crippen molar-refractivity contribution in [2.24, 2.45) is 0 Å². The van der Waals surface area contributed by atoms with Crippen molar-refractivity contribution >= 4 is 28.7 Å². The number of methoxy groups -OCH3 is 1. The summed E-state index contributed by atoms with van der Waals surface area (Å²) in [6.07, 6.45) is 5.51. The summed E-state index contributed by atoms with van der Waals surface area (Å²) >= 11 is 6.46. The molecule has 1 amide bonds. The van der Waals surface area contributed by atoms with Crippen molar-refractivity contribution in [2.45, 2.75) is 25.7 Å². The first-order valence-corrected chi connectivity index (χ1v) is 9.97. The normalized spacial score (nSPS) is 13.6. The summed E-state index contributed by atoms with van der Waals surface area (Å²) in [6, 6.07) is 7.23. The summed E-state index contributed by atoms with van der Waals surface area (Å²) in [5, 5.41) is 16.2. The highest BCUT2D eigenvalue weighted by Gasteiger charge is 2.27. The smallest absolute Gasteiger partial charge is 0.259 e. The molecule has 1 aromatic carbocycles. The van der Waals surface area contributed by atoms with E-state index in [0.29, 0.717) is 44.8 Å². The molecule has 9 heteroatoms. The van der Waals surface area contributed by atoms with Gasteiger partial charge in [0.25, 0.3) is 5.91 Å². The van der Waals surface area contributed by atoms with E-state index < -0.39 is 0 Å². The molecular formula is C21H19ClN6O2. The Morgan fingerprint density at radius 3 is 2.90 bits per heavy atom. The number of hydrogen-bond donors (Lipinski definition) is 2. The molecule has 3 heterocycles. The SMILES string of the molecule is COc1ccc2c(C(=O)Nc3cc(-c4nnc(C5CC5)[nH]4)c(Cl)cc3C)cnn2c1. The first-order chi connectivity index (χ1) is 14.5. The summed E-state index contributed by atoms with van der Waals surface area (Å²) < 4.78 is 6.82. The molecule has 1 aliphatic rings. The number of anilines is 1. The largest absolute Gasteiger partial charge is 0.495 e. The summed E-state index contributed by atoms with van der Waals surface area (Å²) in [7, 11) is 1.58. The minimum absolute atomic E-state index is 0.261.